The lowest BCUT2D eigenvalue weighted by Gasteiger charge is -2.20. The third-order valence-corrected chi connectivity index (χ3v) is 3.73. The first kappa shape index (κ1) is 14.6. The first-order valence-electron chi connectivity index (χ1n) is 6.65. The second kappa shape index (κ2) is 7.09. The highest BCUT2D eigenvalue weighted by molar-refractivity contribution is 7.15. The molecular formula is C14H20N4OS. The Morgan fingerprint density at radius 2 is 2.10 bits per heavy atom. The lowest BCUT2D eigenvalue weighted by Crippen LogP contribution is -2.16. The van der Waals surface area contributed by atoms with Gasteiger partial charge in [-0.05, 0) is 18.6 Å². The van der Waals surface area contributed by atoms with Gasteiger partial charge in [-0.3, -0.25) is 0 Å². The Balaban J connectivity index is 2.03. The smallest absolute Gasteiger partial charge is 0.205 e. The number of para-hydroxylation sites is 2. The Bertz CT molecular complexity index is 543. The third kappa shape index (κ3) is 3.60. The van der Waals surface area contributed by atoms with E-state index in [1.807, 2.05) is 31.3 Å². The summed E-state index contributed by atoms with van der Waals surface area (Å²) in [4.78, 5) is 2.11. The van der Waals surface area contributed by atoms with Gasteiger partial charge in [0.15, 0.2) is 0 Å². The molecule has 0 bridgehead atoms. The maximum Gasteiger partial charge on any atom is 0.205 e. The largest absolute Gasteiger partial charge is 0.495 e. The number of anilines is 2. The van der Waals surface area contributed by atoms with Crippen molar-refractivity contribution in [2.24, 2.45) is 0 Å². The minimum Gasteiger partial charge on any atom is -0.495 e. The highest BCUT2D eigenvalue weighted by Gasteiger charge is 2.11. The number of methoxy groups -OCH3 is 1. The van der Waals surface area contributed by atoms with Gasteiger partial charge in [-0.2, -0.15) is 0 Å². The molecule has 20 heavy (non-hydrogen) atoms. The van der Waals surface area contributed by atoms with E-state index < -0.39 is 0 Å². The van der Waals surface area contributed by atoms with Crippen molar-refractivity contribution in [3.05, 3.63) is 29.3 Å². The minimum atomic E-state index is 0.714. The van der Waals surface area contributed by atoms with Gasteiger partial charge in [0.25, 0.3) is 0 Å². The molecule has 108 valence electrons. The van der Waals surface area contributed by atoms with Gasteiger partial charge in [0.05, 0.1) is 19.3 Å². The first-order valence-corrected chi connectivity index (χ1v) is 7.46. The number of rotatable bonds is 7. The molecule has 1 aromatic carbocycles. The zero-order valence-electron chi connectivity index (χ0n) is 12.1. The summed E-state index contributed by atoms with van der Waals surface area (Å²) in [6, 6.07) is 7.97. The summed E-state index contributed by atoms with van der Waals surface area (Å²) in [5, 5.41) is 13.5. The van der Waals surface area contributed by atoms with Gasteiger partial charge < -0.3 is 15.0 Å². The van der Waals surface area contributed by atoms with Crippen LogP contribution in [-0.2, 0) is 6.54 Å². The van der Waals surface area contributed by atoms with E-state index in [0.29, 0.717) is 6.54 Å². The predicted molar refractivity (Wildman–Crippen MR) is 83.8 cm³/mol. The Kier molecular flexibility index (Phi) is 5.17. The van der Waals surface area contributed by atoms with Crippen LogP contribution in [0.5, 0.6) is 5.75 Å². The molecule has 1 heterocycles. The van der Waals surface area contributed by atoms with Crippen LogP contribution in [0.2, 0.25) is 0 Å². The van der Waals surface area contributed by atoms with Crippen LogP contribution in [0.15, 0.2) is 24.3 Å². The quantitative estimate of drug-likeness (QED) is 0.850. The molecule has 0 unspecified atom stereocenters. The van der Waals surface area contributed by atoms with E-state index in [2.05, 4.69) is 27.3 Å². The van der Waals surface area contributed by atoms with Crippen molar-refractivity contribution in [3.8, 4) is 5.75 Å². The van der Waals surface area contributed by atoms with Gasteiger partial charge in [0.2, 0.25) is 5.13 Å². The molecule has 0 atom stereocenters. The molecule has 0 fully saturated rings. The van der Waals surface area contributed by atoms with Crippen molar-refractivity contribution in [1.29, 1.82) is 0 Å². The lowest BCUT2D eigenvalue weighted by atomic mass is 10.2. The van der Waals surface area contributed by atoms with E-state index in [4.69, 9.17) is 4.74 Å². The van der Waals surface area contributed by atoms with E-state index in [1.54, 1.807) is 18.4 Å². The molecular weight excluding hydrogens is 272 g/mol. The van der Waals surface area contributed by atoms with E-state index in [-0.39, 0.29) is 0 Å². The van der Waals surface area contributed by atoms with Crippen molar-refractivity contribution >= 4 is 22.2 Å². The fraction of sp³-hybridized carbons (Fsp3) is 0.429. The van der Waals surface area contributed by atoms with Gasteiger partial charge in [-0.1, -0.05) is 30.4 Å². The number of hydrogen-bond donors (Lipinski definition) is 1. The molecule has 6 heteroatoms. The molecule has 5 nitrogen and oxygen atoms in total. The third-order valence-electron chi connectivity index (χ3n) is 2.86. The Morgan fingerprint density at radius 3 is 2.85 bits per heavy atom. The second-order valence-corrected chi connectivity index (χ2v) is 5.52. The van der Waals surface area contributed by atoms with Crippen LogP contribution >= 0.6 is 11.3 Å². The van der Waals surface area contributed by atoms with Crippen molar-refractivity contribution in [3.63, 3.8) is 0 Å². The SMILES string of the molecule is CCCNc1nnc(CN(C)c2ccccc2OC)s1. The van der Waals surface area contributed by atoms with Crippen LogP contribution in [0.1, 0.15) is 18.4 Å². The molecule has 0 radical (unpaired) electrons. The summed E-state index contributed by atoms with van der Waals surface area (Å²) in [5.41, 5.74) is 1.05. The van der Waals surface area contributed by atoms with Crippen LogP contribution < -0.4 is 15.0 Å². The van der Waals surface area contributed by atoms with E-state index >= 15 is 0 Å². The van der Waals surface area contributed by atoms with Gasteiger partial charge in [0, 0.05) is 13.6 Å². The fourth-order valence-corrected chi connectivity index (χ4v) is 2.67. The van der Waals surface area contributed by atoms with Crippen molar-refractivity contribution < 1.29 is 4.74 Å². The topological polar surface area (TPSA) is 50.3 Å². The summed E-state index contributed by atoms with van der Waals surface area (Å²) in [7, 11) is 3.71. The standard InChI is InChI=1S/C14H20N4OS/c1-4-9-15-14-17-16-13(20-14)10-18(2)11-7-5-6-8-12(11)19-3/h5-8H,4,9-10H2,1-3H3,(H,15,17). The van der Waals surface area contributed by atoms with Gasteiger partial charge in [-0.15, -0.1) is 10.2 Å². The van der Waals surface area contributed by atoms with Crippen LogP contribution in [0.4, 0.5) is 10.8 Å². The maximum absolute atomic E-state index is 5.38. The molecule has 0 saturated carbocycles. The molecule has 0 aliphatic carbocycles. The second-order valence-electron chi connectivity index (χ2n) is 4.46. The lowest BCUT2D eigenvalue weighted by molar-refractivity contribution is 0.415. The number of benzene rings is 1. The summed E-state index contributed by atoms with van der Waals surface area (Å²) in [6.45, 7) is 3.77. The number of nitrogens with one attached hydrogen (secondary N) is 1. The van der Waals surface area contributed by atoms with Crippen molar-refractivity contribution in [2.75, 3.05) is 30.9 Å². The average Bonchev–Trinajstić information content (AvgIpc) is 2.92. The number of nitrogens with zero attached hydrogens (tertiary/aromatic N) is 3. The zero-order chi connectivity index (χ0) is 14.4. The Morgan fingerprint density at radius 1 is 1.30 bits per heavy atom. The fourth-order valence-electron chi connectivity index (χ4n) is 1.85. The maximum atomic E-state index is 5.38. The molecule has 0 spiro atoms. The van der Waals surface area contributed by atoms with Gasteiger partial charge >= 0.3 is 0 Å². The number of hydrogen-bond acceptors (Lipinski definition) is 6. The molecule has 1 N–H and O–H groups in total. The van der Waals surface area contributed by atoms with Crippen LogP contribution in [0.3, 0.4) is 0 Å². The summed E-state index contributed by atoms with van der Waals surface area (Å²) >= 11 is 1.59. The predicted octanol–water partition coefficient (Wildman–Crippen LogP) is 3.01. The minimum absolute atomic E-state index is 0.714. The monoisotopic (exact) mass is 292 g/mol. The molecule has 2 rings (SSSR count). The molecule has 0 amide bonds. The first-order chi connectivity index (χ1) is 9.74. The number of aromatic nitrogens is 2. The van der Waals surface area contributed by atoms with E-state index in [1.165, 1.54) is 0 Å². The van der Waals surface area contributed by atoms with Crippen LogP contribution in [-0.4, -0.2) is 30.9 Å². The number of ether oxygens (including phenoxy) is 1. The molecule has 1 aromatic heterocycles. The Hall–Kier alpha value is -1.82. The highest BCUT2D eigenvalue weighted by Crippen LogP contribution is 2.28. The van der Waals surface area contributed by atoms with Gasteiger partial charge in [0.1, 0.15) is 10.8 Å². The van der Waals surface area contributed by atoms with E-state index in [0.717, 1.165) is 34.5 Å². The molecule has 0 aliphatic rings. The van der Waals surface area contributed by atoms with Crippen LogP contribution in [0, 0.1) is 0 Å². The molecule has 0 saturated heterocycles. The van der Waals surface area contributed by atoms with Crippen molar-refractivity contribution in [1.82, 2.24) is 10.2 Å². The highest BCUT2D eigenvalue weighted by atomic mass is 32.1. The summed E-state index contributed by atoms with van der Waals surface area (Å²) < 4.78 is 5.38. The van der Waals surface area contributed by atoms with Crippen molar-refractivity contribution in [2.45, 2.75) is 19.9 Å². The normalized spacial score (nSPS) is 10.3. The van der Waals surface area contributed by atoms with E-state index in [9.17, 15) is 0 Å². The summed E-state index contributed by atoms with van der Waals surface area (Å²) in [5.74, 6) is 0.865. The zero-order valence-corrected chi connectivity index (χ0v) is 12.9. The average molecular weight is 292 g/mol. The molecule has 2 aromatic rings. The molecule has 0 aliphatic heterocycles. The summed E-state index contributed by atoms with van der Waals surface area (Å²) in [6.07, 6.45) is 1.08. The van der Waals surface area contributed by atoms with Gasteiger partial charge in [-0.25, -0.2) is 0 Å². The van der Waals surface area contributed by atoms with Crippen LogP contribution in [0.25, 0.3) is 0 Å². The Labute approximate surface area is 123 Å².